The summed E-state index contributed by atoms with van der Waals surface area (Å²) in [5.74, 6) is 1.49. The highest BCUT2D eigenvalue weighted by molar-refractivity contribution is 5.75. The Kier molecular flexibility index (Phi) is 5.30. The summed E-state index contributed by atoms with van der Waals surface area (Å²) in [4.78, 5) is 10.6. The van der Waals surface area contributed by atoms with Crippen molar-refractivity contribution < 1.29 is 9.84 Å². The summed E-state index contributed by atoms with van der Waals surface area (Å²) < 4.78 is 5.30. The van der Waals surface area contributed by atoms with E-state index in [2.05, 4.69) is 35.0 Å². The van der Waals surface area contributed by atoms with Crippen molar-refractivity contribution in [2.45, 2.75) is 38.7 Å². The number of hydrogen-bond donors (Lipinski definition) is 2. The molecule has 2 heterocycles. The molecule has 0 saturated carbocycles. The van der Waals surface area contributed by atoms with E-state index in [0.29, 0.717) is 25.7 Å². The average Bonchev–Trinajstić information content (AvgIpc) is 2.96. The van der Waals surface area contributed by atoms with E-state index in [9.17, 15) is 5.11 Å². The standard InChI is InChI=1S/C18H27N3O2/c1-3-23-12-15(22)11-21-8-4-5-14(10-21)18-19-16-7-6-13(2)9-17(16)20-18/h6-7,9,14-15,22H,3-5,8,10-12H2,1-2H3,(H,19,20). The van der Waals surface area contributed by atoms with Gasteiger partial charge in [-0.05, 0) is 50.9 Å². The molecule has 3 rings (SSSR count). The van der Waals surface area contributed by atoms with Gasteiger partial charge in [0.15, 0.2) is 0 Å². The van der Waals surface area contributed by atoms with Gasteiger partial charge < -0.3 is 14.8 Å². The molecule has 23 heavy (non-hydrogen) atoms. The minimum atomic E-state index is -0.410. The monoisotopic (exact) mass is 317 g/mol. The summed E-state index contributed by atoms with van der Waals surface area (Å²) in [5, 5.41) is 10.0. The van der Waals surface area contributed by atoms with Gasteiger partial charge in [-0.15, -0.1) is 0 Å². The first kappa shape index (κ1) is 16.4. The fourth-order valence-electron chi connectivity index (χ4n) is 3.39. The summed E-state index contributed by atoms with van der Waals surface area (Å²) >= 11 is 0. The Morgan fingerprint density at radius 2 is 2.35 bits per heavy atom. The van der Waals surface area contributed by atoms with Gasteiger partial charge in [-0.3, -0.25) is 4.90 Å². The van der Waals surface area contributed by atoms with Crippen LogP contribution in [0.5, 0.6) is 0 Å². The Bertz CT molecular complexity index is 640. The van der Waals surface area contributed by atoms with E-state index in [1.807, 2.05) is 6.92 Å². The molecule has 0 amide bonds. The second kappa shape index (κ2) is 7.43. The predicted molar refractivity (Wildman–Crippen MR) is 91.7 cm³/mol. The molecule has 0 bridgehead atoms. The van der Waals surface area contributed by atoms with Crippen LogP contribution in [0.3, 0.4) is 0 Å². The van der Waals surface area contributed by atoms with E-state index in [1.54, 1.807) is 0 Å². The summed E-state index contributed by atoms with van der Waals surface area (Å²) in [5.41, 5.74) is 3.41. The number of H-pyrrole nitrogens is 1. The van der Waals surface area contributed by atoms with Crippen LogP contribution in [0.15, 0.2) is 18.2 Å². The first-order valence-corrected chi connectivity index (χ1v) is 8.60. The van der Waals surface area contributed by atoms with Crippen LogP contribution >= 0.6 is 0 Å². The van der Waals surface area contributed by atoms with Crippen LogP contribution < -0.4 is 0 Å². The van der Waals surface area contributed by atoms with Crippen molar-refractivity contribution in [3.05, 3.63) is 29.6 Å². The van der Waals surface area contributed by atoms with Gasteiger partial charge in [0.05, 0.1) is 23.7 Å². The molecule has 1 aromatic carbocycles. The number of ether oxygens (including phenoxy) is 1. The van der Waals surface area contributed by atoms with Crippen LogP contribution in [-0.2, 0) is 4.74 Å². The van der Waals surface area contributed by atoms with Crippen molar-refractivity contribution in [3.63, 3.8) is 0 Å². The number of aromatic amines is 1. The number of likely N-dealkylation sites (tertiary alicyclic amines) is 1. The molecule has 1 aromatic heterocycles. The highest BCUT2D eigenvalue weighted by Gasteiger charge is 2.25. The smallest absolute Gasteiger partial charge is 0.111 e. The number of aliphatic hydroxyl groups excluding tert-OH is 1. The maximum Gasteiger partial charge on any atom is 0.111 e. The van der Waals surface area contributed by atoms with Crippen LogP contribution in [0.2, 0.25) is 0 Å². The lowest BCUT2D eigenvalue weighted by atomic mass is 9.97. The van der Waals surface area contributed by atoms with Crippen molar-refractivity contribution in [1.82, 2.24) is 14.9 Å². The summed E-state index contributed by atoms with van der Waals surface area (Å²) in [7, 11) is 0. The third kappa shape index (κ3) is 4.10. The Morgan fingerprint density at radius 3 is 3.17 bits per heavy atom. The number of benzene rings is 1. The van der Waals surface area contributed by atoms with Crippen LogP contribution in [-0.4, -0.2) is 58.9 Å². The summed E-state index contributed by atoms with van der Waals surface area (Å²) in [6.07, 6.45) is 1.88. The zero-order chi connectivity index (χ0) is 16.2. The average molecular weight is 317 g/mol. The molecular weight excluding hydrogens is 290 g/mol. The lowest BCUT2D eigenvalue weighted by Gasteiger charge is -2.33. The van der Waals surface area contributed by atoms with Crippen LogP contribution in [0, 0.1) is 6.92 Å². The van der Waals surface area contributed by atoms with E-state index in [1.165, 1.54) is 5.56 Å². The lowest BCUT2D eigenvalue weighted by Crippen LogP contribution is -2.41. The minimum absolute atomic E-state index is 0.410. The molecule has 1 saturated heterocycles. The molecular formula is C18H27N3O2. The highest BCUT2D eigenvalue weighted by atomic mass is 16.5. The number of piperidine rings is 1. The normalized spacial score (nSPS) is 20.9. The van der Waals surface area contributed by atoms with Gasteiger partial charge in [-0.2, -0.15) is 0 Å². The molecule has 1 fully saturated rings. The molecule has 5 nitrogen and oxygen atoms in total. The molecule has 126 valence electrons. The van der Waals surface area contributed by atoms with Crippen molar-refractivity contribution in [2.75, 3.05) is 32.8 Å². The largest absolute Gasteiger partial charge is 0.389 e. The predicted octanol–water partition coefficient (Wildman–Crippen LogP) is 2.45. The number of aryl methyl sites for hydroxylation is 1. The maximum atomic E-state index is 10.0. The molecule has 0 radical (unpaired) electrons. The third-order valence-corrected chi connectivity index (χ3v) is 4.53. The zero-order valence-corrected chi connectivity index (χ0v) is 14.1. The van der Waals surface area contributed by atoms with Crippen molar-refractivity contribution >= 4 is 11.0 Å². The first-order valence-electron chi connectivity index (χ1n) is 8.60. The van der Waals surface area contributed by atoms with E-state index in [0.717, 1.165) is 42.8 Å². The number of imidazole rings is 1. The number of rotatable bonds is 6. The third-order valence-electron chi connectivity index (χ3n) is 4.53. The second-order valence-corrected chi connectivity index (χ2v) is 6.55. The van der Waals surface area contributed by atoms with Gasteiger partial charge in [0.25, 0.3) is 0 Å². The van der Waals surface area contributed by atoms with Crippen LogP contribution in [0.25, 0.3) is 11.0 Å². The molecule has 2 unspecified atom stereocenters. The lowest BCUT2D eigenvalue weighted by molar-refractivity contribution is 0.0159. The van der Waals surface area contributed by atoms with Crippen molar-refractivity contribution in [3.8, 4) is 0 Å². The SMILES string of the molecule is CCOCC(O)CN1CCCC(c2nc3ccc(C)cc3[nH]2)C1. The molecule has 0 spiro atoms. The first-order chi connectivity index (χ1) is 11.2. The highest BCUT2D eigenvalue weighted by Crippen LogP contribution is 2.27. The molecule has 2 atom stereocenters. The fourth-order valence-corrected chi connectivity index (χ4v) is 3.39. The Labute approximate surface area is 137 Å². The van der Waals surface area contributed by atoms with E-state index in [-0.39, 0.29) is 0 Å². The van der Waals surface area contributed by atoms with Crippen molar-refractivity contribution in [2.24, 2.45) is 0 Å². The van der Waals surface area contributed by atoms with Crippen LogP contribution in [0.4, 0.5) is 0 Å². The Morgan fingerprint density at radius 1 is 1.48 bits per heavy atom. The Hall–Kier alpha value is -1.43. The topological polar surface area (TPSA) is 61.4 Å². The molecule has 2 N–H and O–H groups in total. The number of aromatic nitrogens is 2. The van der Waals surface area contributed by atoms with Crippen molar-refractivity contribution in [1.29, 1.82) is 0 Å². The fraction of sp³-hybridized carbons (Fsp3) is 0.611. The van der Waals surface area contributed by atoms with E-state index in [4.69, 9.17) is 9.72 Å². The number of nitrogens with one attached hydrogen (secondary N) is 1. The van der Waals surface area contributed by atoms with Gasteiger partial charge in [-0.1, -0.05) is 6.07 Å². The minimum Gasteiger partial charge on any atom is -0.389 e. The second-order valence-electron chi connectivity index (χ2n) is 6.55. The molecule has 5 heteroatoms. The molecule has 1 aliphatic heterocycles. The number of β-amino-alcohol motifs (C(OH)–C–C–N with tert-alkyl or cyclic N) is 1. The maximum absolute atomic E-state index is 10.0. The molecule has 0 aliphatic carbocycles. The van der Waals surface area contributed by atoms with E-state index >= 15 is 0 Å². The Balaban J connectivity index is 1.65. The van der Waals surface area contributed by atoms with Gasteiger partial charge in [-0.25, -0.2) is 4.98 Å². The molecule has 1 aliphatic rings. The summed E-state index contributed by atoms with van der Waals surface area (Å²) in [6.45, 7) is 7.78. The van der Waals surface area contributed by atoms with E-state index < -0.39 is 6.10 Å². The number of nitrogens with zero attached hydrogens (tertiary/aromatic N) is 2. The number of aliphatic hydroxyl groups is 1. The number of hydrogen-bond acceptors (Lipinski definition) is 4. The number of fused-ring (bicyclic) bond motifs is 1. The van der Waals surface area contributed by atoms with Gasteiger partial charge in [0, 0.05) is 25.6 Å². The zero-order valence-electron chi connectivity index (χ0n) is 14.1. The molecule has 2 aromatic rings. The van der Waals surface area contributed by atoms with Gasteiger partial charge in [0.1, 0.15) is 5.82 Å². The quantitative estimate of drug-likeness (QED) is 0.859. The van der Waals surface area contributed by atoms with Crippen LogP contribution in [0.1, 0.15) is 37.1 Å². The summed E-state index contributed by atoms with van der Waals surface area (Å²) in [6, 6.07) is 6.33. The van der Waals surface area contributed by atoms with Gasteiger partial charge in [0.2, 0.25) is 0 Å². The van der Waals surface area contributed by atoms with Gasteiger partial charge >= 0.3 is 0 Å².